The SMILES string of the molecule is COc1cc(-c2cc(=O)c3c(O)cc(O)cc3o2)cc(O)c1O. The normalized spacial score (nSPS) is 10.8. The summed E-state index contributed by atoms with van der Waals surface area (Å²) in [6.07, 6.45) is 0. The first-order valence-corrected chi connectivity index (χ1v) is 6.51. The molecule has 3 aromatic rings. The van der Waals surface area contributed by atoms with Crippen LogP contribution in [0, 0.1) is 0 Å². The van der Waals surface area contributed by atoms with Gasteiger partial charge in [-0.2, -0.15) is 0 Å². The van der Waals surface area contributed by atoms with E-state index in [0.717, 1.165) is 12.1 Å². The summed E-state index contributed by atoms with van der Waals surface area (Å²) in [5.41, 5.74) is -0.263. The molecule has 7 nitrogen and oxygen atoms in total. The van der Waals surface area contributed by atoms with Crippen molar-refractivity contribution in [2.45, 2.75) is 0 Å². The van der Waals surface area contributed by atoms with Crippen LogP contribution in [0.4, 0.5) is 0 Å². The van der Waals surface area contributed by atoms with E-state index in [1.165, 1.54) is 25.3 Å². The Morgan fingerprint density at radius 3 is 2.39 bits per heavy atom. The zero-order chi connectivity index (χ0) is 16.7. The number of phenolic OH excluding ortho intramolecular Hbond substituents is 4. The molecule has 23 heavy (non-hydrogen) atoms. The smallest absolute Gasteiger partial charge is 0.200 e. The van der Waals surface area contributed by atoms with Gasteiger partial charge in [0.25, 0.3) is 0 Å². The molecule has 0 fully saturated rings. The summed E-state index contributed by atoms with van der Waals surface area (Å²) in [6.45, 7) is 0. The maximum atomic E-state index is 12.2. The second-order valence-corrected chi connectivity index (χ2v) is 4.86. The molecule has 0 saturated carbocycles. The molecular formula is C16H12O7. The molecule has 1 heterocycles. The number of rotatable bonds is 2. The second kappa shape index (κ2) is 5.13. The van der Waals surface area contributed by atoms with Crippen LogP contribution in [0.1, 0.15) is 0 Å². The van der Waals surface area contributed by atoms with Crippen molar-refractivity contribution < 1.29 is 29.6 Å². The number of phenols is 4. The first-order chi connectivity index (χ1) is 10.9. The average Bonchev–Trinajstić information content (AvgIpc) is 2.48. The Morgan fingerprint density at radius 1 is 0.957 bits per heavy atom. The van der Waals surface area contributed by atoms with Crippen LogP contribution in [0.2, 0.25) is 0 Å². The summed E-state index contributed by atoms with van der Waals surface area (Å²) in [6, 6.07) is 5.93. The molecule has 0 spiro atoms. The lowest BCUT2D eigenvalue weighted by atomic mass is 10.1. The van der Waals surface area contributed by atoms with E-state index in [0.29, 0.717) is 0 Å². The molecule has 0 aliphatic heterocycles. The van der Waals surface area contributed by atoms with Crippen molar-refractivity contribution in [2.24, 2.45) is 0 Å². The van der Waals surface area contributed by atoms with Gasteiger partial charge in [-0.3, -0.25) is 4.79 Å². The molecule has 0 aliphatic rings. The standard InChI is InChI=1S/C16H12O7/c1-22-14-3-7(2-11(20)16(14)21)12-6-10(19)15-9(18)4-8(17)5-13(15)23-12/h2-6,17-18,20-21H,1H3. The molecule has 0 aliphatic carbocycles. The van der Waals surface area contributed by atoms with E-state index in [1.54, 1.807) is 0 Å². The summed E-state index contributed by atoms with van der Waals surface area (Å²) in [5, 5.41) is 38.5. The molecule has 0 saturated heterocycles. The summed E-state index contributed by atoms with van der Waals surface area (Å²) in [4.78, 5) is 12.2. The van der Waals surface area contributed by atoms with Crippen LogP contribution in [-0.4, -0.2) is 27.5 Å². The zero-order valence-corrected chi connectivity index (χ0v) is 11.9. The average molecular weight is 316 g/mol. The van der Waals surface area contributed by atoms with Crippen LogP contribution in [0.3, 0.4) is 0 Å². The second-order valence-electron chi connectivity index (χ2n) is 4.86. The quantitative estimate of drug-likeness (QED) is 0.535. The van der Waals surface area contributed by atoms with Gasteiger partial charge in [0.2, 0.25) is 5.75 Å². The van der Waals surface area contributed by atoms with Gasteiger partial charge in [-0.25, -0.2) is 0 Å². The van der Waals surface area contributed by atoms with Gasteiger partial charge in [0, 0.05) is 23.8 Å². The van der Waals surface area contributed by atoms with Crippen molar-refractivity contribution in [3.8, 4) is 40.1 Å². The number of aromatic hydroxyl groups is 4. The Kier molecular flexibility index (Phi) is 3.25. The van der Waals surface area contributed by atoms with Gasteiger partial charge in [-0.05, 0) is 12.1 Å². The van der Waals surface area contributed by atoms with Gasteiger partial charge < -0.3 is 29.6 Å². The summed E-state index contributed by atoms with van der Waals surface area (Å²) in [5.74, 6) is -1.47. The van der Waals surface area contributed by atoms with E-state index in [9.17, 15) is 25.2 Å². The molecular weight excluding hydrogens is 304 g/mol. The first kappa shape index (κ1) is 14.6. The van der Waals surface area contributed by atoms with Gasteiger partial charge in [0.1, 0.15) is 28.2 Å². The van der Waals surface area contributed by atoms with Crippen LogP contribution in [0.15, 0.2) is 39.5 Å². The Labute approximate surface area is 129 Å². The summed E-state index contributed by atoms with van der Waals surface area (Å²) >= 11 is 0. The van der Waals surface area contributed by atoms with Crippen molar-refractivity contribution >= 4 is 11.0 Å². The molecule has 3 rings (SSSR count). The molecule has 7 heteroatoms. The predicted octanol–water partition coefficient (Wildman–Crippen LogP) is 2.29. The fraction of sp³-hybridized carbons (Fsp3) is 0.0625. The van der Waals surface area contributed by atoms with Crippen molar-refractivity contribution in [3.63, 3.8) is 0 Å². The lowest BCUT2D eigenvalue weighted by Crippen LogP contribution is -2.00. The molecule has 2 aromatic carbocycles. The number of benzene rings is 2. The molecule has 0 radical (unpaired) electrons. The third kappa shape index (κ3) is 2.38. The fourth-order valence-corrected chi connectivity index (χ4v) is 2.29. The Bertz CT molecular complexity index is 972. The molecule has 0 amide bonds. The van der Waals surface area contributed by atoms with E-state index in [2.05, 4.69) is 0 Å². The van der Waals surface area contributed by atoms with Gasteiger partial charge in [-0.15, -0.1) is 0 Å². The first-order valence-electron chi connectivity index (χ1n) is 6.51. The van der Waals surface area contributed by atoms with Crippen molar-refractivity contribution in [3.05, 3.63) is 40.6 Å². The molecule has 0 unspecified atom stereocenters. The summed E-state index contributed by atoms with van der Waals surface area (Å²) < 4.78 is 10.5. The van der Waals surface area contributed by atoms with E-state index in [-0.39, 0.29) is 33.8 Å². The van der Waals surface area contributed by atoms with Gasteiger partial charge in [-0.1, -0.05) is 0 Å². The molecule has 0 bridgehead atoms. The van der Waals surface area contributed by atoms with Crippen LogP contribution >= 0.6 is 0 Å². The van der Waals surface area contributed by atoms with E-state index < -0.39 is 22.7 Å². The zero-order valence-electron chi connectivity index (χ0n) is 11.9. The van der Waals surface area contributed by atoms with Crippen molar-refractivity contribution in [1.29, 1.82) is 0 Å². The van der Waals surface area contributed by atoms with Gasteiger partial charge in [0.05, 0.1) is 7.11 Å². The van der Waals surface area contributed by atoms with E-state index in [1.807, 2.05) is 0 Å². The number of ether oxygens (including phenoxy) is 1. The Balaban J connectivity index is 2.30. The highest BCUT2D eigenvalue weighted by Gasteiger charge is 2.15. The fourth-order valence-electron chi connectivity index (χ4n) is 2.29. The van der Waals surface area contributed by atoms with E-state index in [4.69, 9.17) is 9.15 Å². The van der Waals surface area contributed by atoms with E-state index >= 15 is 0 Å². The predicted molar refractivity (Wildman–Crippen MR) is 81.1 cm³/mol. The summed E-state index contributed by atoms with van der Waals surface area (Å²) in [7, 11) is 1.31. The highest BCUT2D eigenvalue weighted by atomic mass is 16.5. The molecule has 1 aromatic heterocycles. The molecule has 0 atom stereocenters. The highest BCUT2D eigenvalue weighted by molar-refractivity contribution is 5.86. The highest BCUT2D eigenvalue weighted by Crippen LogP contribution is 2.40. The molecule has 4 N–H and O–H groups in total. The maximum absolute atomic E-state index is 12.2. The monoisotopic (exact) mass is 316 g/mol. The maximum Gasteiger partial charge on any atom is 0.200 e. The van der Waals surface area contributed by atoms with Crippen molar-refractivity contribution in [2.75, 3.05) is 7.11 Å². The molecule has 118 valence electrons. The minimum atomic E-state index is -0.523. The minimum Gasteiger partial charge on any atom is -0.508 e. The minimum absolute atomic E-state index is 0.00139. The third-order valence-electron chi connectivity index (χ3n) is 3.35. The Hall–Kier alpha value is -3.35. The van der Waals surface area contributed by atoms with Crippen LogP contribution < -0.4 is 10.2 Å². The van der Waals surface area contributed by atoms with Gasteiger partial charge >= 0.3 is 0 Å². The lowest BCUT2D eigenvalue weighted by Gasteiger charge is -2.09. The van der Waals surface area contributed by atoms with Crippen LogP contribution in [-0.2, 0) is 0 Å². The van der Waals surface area contributed by atoms with Crippen LogP contribution in [0.5, 0.6) is 28.7 Å². The number of hydrogen-bond acceptors (Lipinski definition) is 7. The van der Waals surface area contributed by atoms with Gasteiger partial charge in [0.15, 0.2) is 16.9 Å². The topological polar surface area (TPSA) is 120 Å². The third-order valence-corrected chi connectivity index (χ3v) is 3.35. The largest absolute Gasteiger partial charge is 0.508 e. The number of methoxy groups -OCH3 is 1. The van der Waals surface area contributed by atoms with Crippen molar-refractivity contribution in [1.82, 2.24) is 0 Å². The lowest BCUT2D eigenvalue weighted by molar-refractivity contribution is 0.351. The van der Waals surface area contributed by atoms with Crippen LogP contribution in [0.25, 0.3) is 22.3 Å². The number of hydrogen-bond donors (Lipinski definition) is 4. The Morgan fingerprint density at radius 2 is 1.70 bits per heavy atom. The number of fused-ring (bicyclic) bond motifs is 1.